The van der Waals surface area contributed by atoms with Crippen molar-refractivity contribution in [3.63, 3.8) is 0 Å². The molecule has 1 aliphatic heterocycles. The van der Waals surface area contributed by atoms with Crippen molar-refractivity contribution in [1.29, 1.82) is 0 Å². The SMILES string of the molecule is CC1CN(C(=O)c2cccc(C(N)=O)c2)CCN1. The number of hydrogen-bond acceptors (Lipinski definition) is 3. The summed E-state index contributed by atoms with van der Waals surface area (Å²) in [6.07, 6.45) is 0. The van der Waals surface area contributed by atoms with Gasteiger partial charge in [0.05, 0.1) is 0 Å². The minimum absolute atomic E-state index is 0.0496. The van der Waals surface area contributed by atoms with Gasteiger partial charge in [-0.2, -0.15) is 0 Å². The highest BCUT2D eigenvalue weighted by atomic mass is 16.2. The number of primary amides is 1. The Morgan fingerprint density at radius 2 is 2.11 bits per heavy atom. The number of amides is 2. The van der Waals surface area contributed by atoms with E-state index in [1.54, 1.807) is 29.2 Å². The summed E-state index contributed by atoms with van der Waals surface area (Å²) in [5, 5.41) is 3.28. The van der Waals surface area contributed by atoms with Crippen molar-refractivity contribution in [1.82, 2.24) is 10.2 Å². The van der Waals surface area contributed by atoms with Crippen molar-refractivity contribution in [2.75, 3.05) is 19.6 Å². The Kier molecular flexibility index (Phi) is 3.62. The number of nitrogens with one attached hydrogen (secondary N) is 1. The third-order valence-corrected chi connectivity index (χ3v) is 3.05. The Bertz CT molecular complexity index is 473. The second-order valence-electron chi connectivity index (χ2n) is 4.55. The molecule has 1 aromatic carbocycles. The first-order valence-electron chi connectivity index (χ1n) is 6.00. The van der Waals surface area contributed by atoms with Gasteiger partial charge in [-0.3, -0.25) is 9.59 Å². The van der Waals surface area contributed by atoms with Crippen LogP contribution in [0.1, 0.15) is 27.6 Å². The number of benzene rings is 1. The van der Waals surface area contributed by atoms with Crippen molar-refractivity contribution < 1.29 is 9.59 Å². The van der Waals surface area contributed by atoms with E-state index >= 15 is 0 Å². The molecule has 2 rings (SSSR count). The average Bonchev–Trinajstić information content (AvgIpc) is 2.38. The Morgan fingerprint density at radius 1 is 1.39 bits per heavy atom. The van der Waals surface area contributed by atoms with E-state index in [0.717, 1.165) is 6.54 Å². The molecule has 5 heteroatoms. The van der Waals surface area contributed by atoms with E-state index in [1.165, 1.54) is 0 Å². The van der Waals surface area contributed by atoms with Crippen LogP contribution in [-0.4, -0.2) is 42.4 Å². The third kappa shape index (κ3) is 2.68. The molecule has 1 aromatic rings. The molecule has 0 aliphatic carbocycles. The second kappa shape index (κ2) is 5.18. The third-order valence-electron chi connectivity index (χ3n) is 3.05. The molecule has 1 saturated heterocycles. The Hall–Kier alpha value is -1.88. The summed E-state index contributed by atoms with van der Waals surface area (Å²) in [5.41, 5.74) is 6.09. The van der Waals surface area contributed by atoms with Crippen molar-refractivity contribution in [2.24, 2.45) is 5.73 Å². The lowest BCUT2D eigenvalue weighted by molar-refractivity contribution is 0.0709. The molecule has 0 bridgehead atoms. The van der Waals surface area contributed by atoms with Gasteiger partial charge in [-0.1, -0.05) is 6.07 Å². The van der Waals surface area contributed by atoms with Gasteiger partial charge in [0.15, 0.2) is 0 Å². The molecule has 5 nitrogen and oxygen atoms in total. The molecule has 18 heavy (non-hydrogen) atoms. The van der Waals surface area contributed by atoms with Crippen LogP contribution in [0.3, 0.4) is 0 Å². The number of piperazine rings is 1. The number of nitrogens with zero attached hydrogens (tertiary/aromatic N) is 1. The monoisotopic (exact) mass is 247 g/mol. The summed E-state index contributed by atoms with van der Waals surface area (Å²) in [6.45, 7) is 4.20. The van der Waals surface area contributed by atoms with Gasteiger partial charge < -0.3 is 16.0 Å². The zero-order valence-electron chi connectivity index (χ0n) is 10.3. The van der Waals surface area contributed by atoms with Crippen molar-refractivity contribution in [3.8, 4) is 0 Å². The predicted molar refractivity (Wildman–Crippen MR) is 68.3 cm³/mol. The highest BCUT2D eigenvalue weighted by Crippen LogP contribution is 2.10. The summed E-state index contributed by atoms with van der Waals surface area (Å²) < 4.78 is 0. The van der Waals surface area contributed by atoms with Crippen molar-refractivity contribution in [3.05, 3.63) is 35.4 Å². The van der Waals surface area contributed by atoms with E-state index in [-0.39, 0.29) is 5.91 Å². The highest BCUT2D eigenvalue weighted by molar-refractivity contribution is 5.99. The van der Waals surface area contributed by atoms with Gasteiger partial charge in [0.2, 0.25) is 5.91 Å². The molecular weight excluding hydrogens is 230 g/mol. The van der Waals surface area contributed by atoms with Gasteiger partial charge in [0, 0.05) is 36.8 Å². The molecule has 0 saturated carbocycles. The van der Waals surface area contributed by atoms with Crippen LogP contribution in [-0.2, 0) is 0 Å². The standard InChI is InChI=1S/C13H17N3O2/c1-9-8-16(6-5-15-9)13(18)11-4-2-3-10(7-11)12(14)17/h2-4,7,9,15H,5-6,8H2,1H3,(H2,14,17). The molecule has 1 atom stereocenters. The molecule has 0 aromatic heterocycles. The molecule has 0 radical (unpaired) electrons. The van der Waals surface area contributed by atoms with Gasteiger partial charge in [0.25, 0.3) is 5.91 Å². The van der Waals surface area contributed by atoms with Crippen LogP contribution in [0.2, 0.25) is 0 Å². The molecule has 1 aliphatic rings. The molecule has 96 valence electrons. The maximum absolute atomic E-state index is 12.3. The fraction of sp³-hybridized carbons (Fsp3) is 0.385. The Balaban J connectivity index is 2.17. The first kappa shape index (κ1) is 12.6. The minimum atomic E-state index is -0.515. The largest absolute Gasteiger partial charge is 0.366 e. The summed E-state index contributed by atoms with van der Waals surface area (Å²) in [4.78, 5) is 25.2. The molecule has 0 spiro atoms. The summed E-state index contributed by atoms with van der Waals surface area (Å²) in [6, 6.07) is 6.85. The van der Waals surface area contributed by atoms with Crippen LogP contribution in [0.5, 0.6) is 0 Å². The number of carbonyl (C=O) groups excluding carboxylic acids is 2. The Morgan fingerprint density at radius 3 is 2.78 bits per heavy atom. The van der Waals surface area contributed by atoms with E-state index in [1.807, 2.05) is 6.92 Å². The quantitative estimate of drug-likeness (QED) is 0.785. The van der Waals surface area contributed by atoms with Crippen molar-refractivity contribution >= 4 is 11.8 Å². The number of nitrogens with two attached hydrogens (primary N) is 1. The normalized spacial score (nSPS) is 19.6. The lowest BCUT2D eigenvalue weighted by Gasteiger charge is -2.32. The second-order valence-corrected chi connectivity index (χ2v) is 4.55. The fourth-order valence-electron chi connectivity index (χ4n) is 2.10. The summed E-state index contributed by atoms with van der Waals surface area (Å²) >= 11 is 0. The lowest BCUT2D eigenvalue weighted by atomic mass is 10.1. The smallest absolute Gasteiger partial charge is 0.253 e. The van der Waals surface area contributed by atoms with E-state index in [0.29, 0.717) is 30.3 Å². The van der Waals surface area contributed by atoms with Crippen LogP contribution in [0, 0.1) is 0 Å². The first-order chi connectivity index (χ1) is 8.58. The summed E-state index contributed by atoms with van der Waals surface area (Å²) in [7, 11) is 0. The first-order valence-corrected chi connectivity index (χ1v) is 6.00. The van der Waals surface area contributed by atoms with Crippen LogP contribution in [0.15, 0.2) is 24.3 Å². The molecule has 1 heterocycles. The van der Waals surface area contributed by atoms with Gasteiger partial charge in [0.1, 0.15) is 0 Å². The van der Waals surface area contributed by atoms with Crippen LogP contribution >= 0.6 is 0 Å². The van der Waals surface area contributed by atoms with E-state index in [9.17, 15) is 9.59 Å². The number of hydrogen-bond donors (Lipinski definition) is 2. The van der Waals surface area contributed by atoms with Gasteiger partial charge in [-0.05, 0) is 25.1 Å². The van der Waals surface area contributed by atoms with Crippen LogP contribution in [0.25, 0.3) is 0 Å². The molecule has 1 fully saturated rings. The van der Waals surface area contributed by atoms with E-state index in [2.05, 4.69) is 5.32 Å². The molecule has 2 amide bonds. The molecular formula is C13H17N3O2. The predicted octanol–water partition coefficient (Wildman–Crippen LogP) is 0.219. The van der Waals surface area contributed by atoms with E-state index in [4.69, 9.17) is 5.73 Å². The zero-order valence-corrected chi connectivity index (χ0v) is 10.3. The van der Waals surface area contributed by atoms with E-state index < -0.39 is 5.91 Å². The Labute approximate surface area is 106 Å². The molecule has 1 unspecified atom stereocenters. The van der Waals surface area contributed by atoms with Crippen molar-refractivity contribution in [2.45, 2.75) is 13.0 Å². The summed E-state index contributed by atoms with van der Waals surface area (Å²) in [5.74, 6) is -0.565. The maximum atomic E-state index is 12.3. The van der Waals surface area contributed by atoms with Crippen LogP contribution in [0.4, 0.5) is 0 Å². The van der Waals surface area contributed by atoms with Gasteiger partial charge in [-0.25, -0.2) is 0 Å². The highest BCUT2D eigenvalue weighted by Gasteiger charge is 2.21. The van der Waals surface area contributed by atoms with Gasteiger partial charge in [-0.15, -0.1) is 0 Å². The average molecular weight is 247 g/mol. The number of carbonyl (C=O) groups is 2. The van der Waals surface area contributed by atoms with Gasteiger partial charge >= 0.3 is 0 Å². The zero-order chi connectivity index (χ0) is 13.1. The van der Waals surface area contributed by atoms with Crippen LogP contribution < -0.4 is 11.1 Å². The minimum Gasteiger partial charge on any atom is -0.366 e. The fourth-order valence-corrected chi connectivity index (χ4v) is 2.10. The molecule has 3 N–H and O–H groups in total. The maximum Gasteiger partial charge on any atom is 0.253 e. The topological polar surface area (TPSA) is 75.4 Å². The lowest BCUT2D eigenvalue weighted by Crippen LogP contribution is -2.51. The number of rotatable bonds is 2.